The van der Waals surface area contributed by atoms with Crippen LogP contribution < -0.4 is 15.0 Å². The van der Waals surface area contributed by atoms with Gasteiger partial charge in [0.2, 0.25) is 0 Å². The maximum absolute atomic E-state index is 12.4. The van der Waals surface area contributed by atoms with E-state index in [0.29, 0.717) is 31.9 Å². The zero-order chi connectivity index (χ0) is 21.0. The molecule has 0 aromatic heterocycles. The average molecular weight is 410 g/mol. The molecule has 1 heterocycles. The number of nitro benzene ring substituents is 1. The molecular formula is C18H17F3N4O4. The molecular weight excluding hydrogens is 393 g/mol. The second-order valence-corrected chi connectivity index (χ2v) is 6.25. The summed E-state index contributed by atoms with van der Waals surface area (Å²) in [6, 6.07) is 10.7. The maximum atomic E-state index is 12.4. The van der Waals surface area contributed by atoms with Gasteiger partial charge in [-0.25, -0.2) is 4.79 Å². The molecule has 1 aliphatic heterocycles. The summed E-state index contributed by atoms with van der Waals surface area (Å²) in [7, 11) is 0. The van der Waals surface area contributed by atoms with Crippen LogP contribution in [0.1, 0.15) is 0 Å². The van der Waals surface area contributed by atoms with Crippen LogP contribution >= 0.6 is 0 Å². The van der Waals surface area contributed by atoms with Crippen LogP contribution in [0.2, 0.25) is 0 Å². The third-order valence-electron chi connectivity index (χ3n) is 4.33. The van der Waals surface area contributed by atoms with Gasteiger partial charge in [-0.1, -0.05) is 0 Å². The highest BCUT2D eigenvalue weighted by Crippen LogP contribution is 2.24. The monoisotopic (exact) mass is 410 g/mol. The Kier molecular flexibility index (Phi) is 5.76. The first-order valence-electron chi connectivity index (χ1n) is 8.62. The van der Waals surface area contributed by atoms with E-state index in [1.165, 1.54) is 24.3 Å². The molecule has 29 heavy (non-hydrogen) atoms. The van der Waals surface area contributed by atoms with Gasteiger partial charge >= 0.3 is 12.4 Å². The number of ether oxygens (including phenoxy) is 1. The second-order valence-electron chi connectivity index (χ2n) is 6.25. The number of piperazine rings is 1. The number of halogens is 3. The van der Waals surface area contributed by atoms with Crippen molar-refractivity contribution in [2.75, 3.05) is 36.4 Å². The van der Waals surface area contributed by atoms with Crippen molar-refractivity contribution in [2.45, 2.75) is 6.36 Å². The van der Waals surface area contributed by atoms with Crippen molar-refractivity contribution in [2.24, 2.45) is 0 Å². The molecule has 0 spiro atoms. The molecule has 0 atom stereocenters. The quantitative estimate of drug-likeness (QED) is 0.611. The predicted molar refractivity (Wildman–Crippen MR) is 99.0 cm³/mol. The topological polar surface area (TPSA) is 88.0 Å². The number of nitrogens with one attached hydrogen (secondary N) is 1. The predicted octanol–water partition coefficient (Wildman–Crippen LogP) is 3.85. The first kappa shape index (κ1) is 20.2. The van der Waals surface area contributed by atoms with E-state index in [9.17, 15) is 28.1 Å². The van der Waals surface area contributed by atoms with Gasteiger partial charge in [-0.3, -0.25) is 10.1 Å². The summed E-state index contributed by atoms with van der Waals surface area (Å²) in [6.07, 6.45) is -4.77. The van der Waals surface area contributed by atoms with E-state index in [2.05, 4.69) is 10.1 Å². The van der Waals surface area contributed by atoms with E-state index in [-0.39, 0.29) is 17.5 Å². The molecule has 1 aliphatic rings. The summed E-state index contributed by atoms with van der Waals surface area (Å²) >= 11 is 0. The molecule has 0 radical (unpaired) electrons. The van der Waals surface area contributed by atoms with E-state index in [0.717, 1.165) is 17.8 Å². The Morgan fingerprint density at radius 3 is 2.10 bits per heavy atom. The lowest BCUT2D eigenvalue weighted by Crippen LogP contribution is -2.50. The molecule has 2 aromatic rings. The zero-order valence-electron chi connectivity index (χ0n) is 15.1. The Balaban J connectivity index is 1.51. The van der Waals surface area contributed by atoms with Crippen LogP contribution in [0.5, 0.6) is 5.75 Å². The fourth-order valence-corrected chi connectivity index (χ4v) is 2.90. The normalized spacial score (nSPS) is 14.4. The Labute approximate surface area is 163 Å². The maximum Gasteiger partial charge on any atom is 0.573 e. The molecule has 2 amide bonds. The van der Waals surface area contributed by atoms with Crippen molar-refractivity contribution < 1.29 is 27.6 Å². The van der Waals surface area contributed by atoms with Gasteiger partial charge in [0.15, 0.2) is 0 Å². The minimum absolute atomic E-state index is 0.0124. The fourth-order valence-electron chi connectivity index (χ4n) is 2.90. The Hall–Kier alpha value is -3.50. The van der Waals surface area contributed by atoms with Crippen molar-refractivity contribution >= 4 is 23.1 Å². The molecule has 1 fully saturated rings. The van der Waals surface area contributed by atoms with Crippen LogP contribution in [-0.4, -0.2) is 48.4 Å². The van der Waals surface area contributed by atoms with Crippen molar-refractivity contribution in [1.82, 2.24) is 4.90 Å². The summed E-state index contributed by atoms with van der Waals surface area (Å²) in [6.45, 7) is 1.95. The number of anilines is 2. The lowest BCUT2D eigenvalue weighted by atomic mass is 10.2. The largest absolute Gasteiger partial charge is 0.573 e. The van der Waals surface area contributed by atoms with Crippen LogP contribution in [-0.2, 0) is 0 Å². The zero-order valence-corrected chi connectivity index (χ0v) is 15.1. The number of hydrogen-bond acceptors (Lipinski definition) is 5. The fraction of sp³-hybridized carbons (Fsp3) is 0.278. The van der Waals surface area contributed by atoms with Gasteiger partial charge in [0.1, 0.15) is 5.75 Å². The van der Waals surface area contributed by atoms with Crippen LogP contribution in [0.15, 0.2) is 48.5 Å². The number of non-ortho nitro benzene ring substituents is 1. The molecule has 0 saturated carbocycles. The standard InChI is InChI=1S/C18H17F3N4O4/c19-18(20,21)29-16-7-1-13(2-8-16)22-17(26)24-11-9-23(10-12-24)14-3-5-15(6-4-14)25(27)28/h1-8H,9-12H2,(H,22,26). The third-order valence-corrected chi connectivity index (χ3v) is 4.33. The molecule has 1 N–H and O–H groups in total. The minimum Gasteiger partial charge on any atom is -0.406 e. The van der Waals surface area contributed by atoms with Gasteiger partial charge in [-0.15, -0.1) is 13.2 Å². The number of hydrogen-bond donors (Lipinski definition) is 1. The number of carbonyl (C=O) groups excluding carboxylic acids is 1. The SMILES string of the molecule is O=C(Nc1ccc(OC(F)(F)F)cc1)N1CCN(c2ccc([N+](=O)[O-])cc2)CC1. The van der Waals surface area contributed by atoms with Crippen molar-refractivity contribution in [3.63, 3.8) is 0 Å². The first-order chi connectivity index (χ1) is 13.7. The number of rotatable bonds is 4. The minimum atomic E-state index is -4.77. The van der Waals surface area contributed by atoms with E-state index >= 15 is 0 Å². The van der Waals surface area contributed by atoms with Crippen molar-refractivity contribution in [3.05, 3.63) is 58.6 Å². The molecule has 1 saturated heterocycles. The Morgan fingerprint density at radius 2 is 1.59 bits per heavy atom. The van der Waals surface area contributed by atoms with Crippen LogP contribution in [0.3, 0.4) is 0 Å². The van der Waals surface area contributed by atoms with Gasteiger partial charge in [-0.2, -0.15) is 0 Å². The molecule has 0 aliphatic carbocycles. The summed E-state index contributed by atoms with van der Waals surface area (Å²) in [4.78, 5) is 26.2. The Bertz CT molecular complexity index is 864. The van der Waals surface area contributed by atoms with Gasteiger partial charge in [-0.05, 0) is 36.4 Å². The van der Waals surface area contributed by atoms with Crippen molar-refractivity contribution in [1.29, 1.82) is 0 Å². The third kappa shape index (κ3) is 5.50. The highest BCUT2D eigenvalue weighted by Gasteiger charge is 2.31. The lowest BCUT2D eigenvalue weighted by Gasteiger charge is -2.36. The number of nitrogens with zero attached hydrogens (tertiary/aromatic N) is 3. The highest BCUT2D eigenvalue weighted by atomic mass is 19.4. The second kappa shape index (κ2) is 8.25. The van der Waals surface area contributed by atoms with E-state index in [4.69, 9.17) is 0 Å². The van der Waals surface area contributed by atoms with Gasteiger partial charge in [0, 0.05) is 49.7 Å². The van der Waals surface area contributed by atoms with Gasteiger partial charge in [0.25, 0.3) is 5.69 Å². The first-order valence-corrected chi connectivity index (χ1v) is 8.62. The summed E-state index contributed by atoms with van der Waals surface area (Å²) in [5.41, 5.74) is 1.19. The average Bonchev–Trinajstić information content (AvgIpc) is 2.68. The number of benzene rings is 2. The summed E-state index contributed by atoms with van der Waals surface area (Å²) in [5, 5.41) is 13.4. The molecule has 154 valence electrons. The molecule has 0 unspecified atom stereocenters. The molecule has 8 nitrogen and oxygen atoms in total. The van der Waals surface area contributed by atoms with E-state index < -0.39 is 11.3 Å². The lowest BCUT2D eigenvalue weighted by molar-refractivity contribution is -0.384. The molecule has 11 heteroatoms. The molecule has 0 bridgehead atoms. The van der Waals surface area contributed by atoms with Crippen molar-refractivity contribution in [3.8, 4) is 5.75 Å². The highest BCUT2D eigenvalue weighted by molar-refractivity contribution is 5.89. The summed E-state index contributed by atoms with van der Waals surface area (Å²) < 4.78 is 40.3. The van der Waals surface area contributed by atoms with Crippen LogP contribution in [0.4, 0.5) is 35.0 Å². The van der Waals surface area contributed by atoms with Crippen LogP contribution in [0.25, 0.3) is 0 Å². The van der Waals surface area contributed by atoms with E-state index in [1.54, 1.807) is 17.0 Å². The van der Waals surface area contributed by atoms with Gasteiger partial charge in [0.05, 0.1) is 4.92 Å². The molecule has 3 rings (SSSR count). The number of amides is 2. The molecule has 2 aromatic carbocycles. The number of carbonyl (C=O) groups is 1. The summed E-state index contributed by atoms with van der Waals surface area (Å²) in [5.74, 6) is -0.368. The number of urea groups is 1. The van der Waals surface area contributed by atoms with E-state index in [1.807, 2.05) is 4.90 Å². The smallest absolute Gasteiger partial charge is 0.406 e. The van der Waals surface area contributed by atoms with Gasteiger partial charge < -0.3 is 19.9 Å². The number of alkyl halides is 3. The van der Waals surface area contributed by atoms with Crippen LogP contribution in [0, 0.1) is 10.1 Å². The Morgan fingerprint density at radius 1 is 1.00 bits per heavy atom. The number of nitro groups is 1.